The van der Waals surface area contributed by atoms with Crippen LogP contribution in [0.3, 0.4) is 0 Å². The van der Waals surface area contributed by atoms with E-state index < -0.39 is 11.7 Å². The molecule has 1 aliphatic rings. The van der Waals surface area contributed by atoms with Crippen molar-refractivity contribution in [3.63, 3.8) is 0 Å². The average molecular weight is 360 g/mol. The van der Waals surface area contributed by atoms with Crippen molar-refractivity contribution in [2.75, 3.05) is 11.5 Å². The number of anilines is 1. The number of hydrogen-bond acceptors (Lipinski definition) is 3. The number of Topliss-reactive ketones (excluding diaryl/α,β-unsaturated/α-hetero) is 1. The summed E-state index contributed by atoms with van der Waals surface area (Å²) in [6, 6.07) is 12.8. The summed E-state index contributed by atoms with van der Waals surface area (Å²) >= 11 is 3.33. The van der Waals surface area contributed by atoms with Gasteiger partial charge in [0.15, 0.2) is 0 Å². The van der Waals surface area contributed by atoms with Gasteiger partial charge < -0.3 is 9.64 Å². The molecule has 0 aromatic heterocycles. The Morgan fingerprint density at radius 1 is 1.14 bits per heavy atom. The fourth-order valence-electron chi connectivity index (χ4n) is 2.53. The zero-order valence-electron chi connectivity index (χ0n) is 12.0. The fraction of sp³-hybridized carbons (Fsp3) is 0.176. The number of fused-ring (bicyclic) bond motifs is 1. The molecular formula is C17H14BrNO3. The lowest BCUT2D eigenvalue weighted by Crippen LogP contribution is -2.29. The van der Waals surface area contributed by atoms with E-state index in [-0.39, 0.29) is 0 Å². The van der Waals surface area contributed by atoms with Crippen LogP contribution in [0.15, 0.2) is 46.9 Å². The van der Waals surface area contributed by atoms with Gasteiger partial charge in [-0.3, -0.25) is 9.59 Å². The summed E-state index contributed by atoms with van der Waals surface area (Å²) in [6.45, 7) is 2.77. The van der Waals surface area contributed by atoms with Crippen molar-refractivity contribution < 1.29 is 14.3 Å². The Morgan fingerprint density at radius 3 is 2.68 bits per heavy atom. The third kappa shape index (κ3) is 2.52. The van der Waals surface area contributed by atoms with E-state index >= 15 is 0 Å². The lowest BCUT2D eigenvalue weighted by Gasteiger charge is -2.18. The molecule has 0 saturated heterocycles. The lowest BCUT2D eigenvalue weighted by atomic mass is 10.1. The van der Waals surface area contributed by atoms with Crippen LogP contribution in [0.5, 0.6) is 5.75 Å². The predicted molar refractivity (Wildman–Crippen MR) is 87.3 cm³/mol. The minimum atomic E-state index is -0.501. The second-order valence-electron chi connectivity index (χ2n) is 4.92. The van der Waals surface area contributed by atoms with Crippen molar-refractivity contribution in [3.05, 3.63) is 58.1 Å². The van der Waals surface area contributed by atoms with E-state index in [0.717, 1.165) is 15.8 Å². The van der Waals surface area contributed by atoms with Gasteiger partial charge in [-0.15, -0.1) is 0 Å². The number of amides is 1. The molecule has 0 unspecified atom stereocenters. The molecule has 1 aliphatic heterocycles. The molecule has 0 atom stereocenters. The molecule has 0 fully saturated rings. The number of ketones is 1. The van der Waals surface area contributed by atoms with Crippen LogP contribution in [0.25, 0.3) is 0 Å². The molecule has 0 radical (unpaired) electrons. The topological polar surface area (TPSA) is 46.6 Å². The number of ether oxygens (including phenoxy) is 1. The zero-order valence-corrected chi connectivity index (χ0v) is 13.6. The van der Waals surface area contributed by atoms with Gasteiger partial charge in [-0.2, -0.15) is 0 Å². The van der Waals surface area contributed by atoms with E-state index in [0.29, 0.717) is 24.4 Å². The number of halogens is 1. The maximum absolute atomic E-state index is 12.3. The van der Waals surface area contributed by atoms with Gasteiger partial charge in [0.25, 0.3) is 11.7 Å². The van der Waals surface area contributed by atoms with Crippen LogP contribution in [0.4, 0.5) is 5.69 Å². The van der Waals surface area contributed by atoms with Crippen molar-refractivity contribution in [1.29, 1.82) is 0 Å². The molecule has 5 heteroatoms. The zero-order chi connectivity index (χ0) is 15.7. The number of nitrogens with zero attached hydrogens (tertiary/aromatic N) is 1. The number of benzene rings is 2. The SMILES string of the molecule is CCOc1ccccc1CN1C(=O)C(=O)c2cc(Br)ccc21. The molecule has 2 aromatic rings. The Hall–Kier alpha value is -2.14. The number of rotatable bonds is 4. The lowest BCUT2D eigenvalue weighted by molar-refractivity contribution is -0.114. The van der Waals surface area contributed by atoms with E-state index in [1.165, 1.54) is 4.90 Å². The van der Waals surface area contributed by atoms with Gasteiger partial charge in [0.05, 0.1) is 24.4 Å². The third-order valence-corrected chi connectivity index (χ3v) is 4.03. The Bertz CT molecular complexity index is 757. The minimum Gasteiger partial charge on any atom is -0.494 e. The molecule has 0 N–H and O–H groups in total. The first-order valence-electron chi connectivity index (χ1n) is 6.98. The van der Waals surface area contributed by atoms with Gasteiger partial charge in [-0.1, -0.05) is 34.1 Å². The van der Waals surface area contributed by atoms with E-state index in [1.807, 2.05) is 37.3 Å². The van der Waals surface area contributed by atoms with Crippen molar-refractivity contribution in [2.24, 2.45) is 0 Å². The largest absolute Gasteiger partial charge is 0.494 e. The Kier molecular flexibility index (Phi) is 3.98. The van der Waals surface area contributed by atoms with E-state index in [1.54, 1.807) is 12.1 Å². The molecular weight excluding hydrogens is 346 g/mol. The van der Waals surface area contributed by atoms with Crippen LogP contribution in [-0.4, -0.2) is 18.3 Å². The highest BCUT2D eigenvalue weighted by atomic mass is 79.9. The first kappa shape index (κ1) is 14.8. The molecule has 22 heavy (non-hydrogen) atoms. The summed E-state index contributed by atoms with van der Waals surface area (Å²) in [6.07, 6.45) is 0. The van der Waals surface area contributed by atoms with Crippen LogP contribution < -0.4 is 9.64 Å². The van der Waals surface area contributed by atoms with Gasteiger partial charge in [-0.05, 0) is 31.2 Å². The maximum atomic E-state index is 12.3. The smallest absolute Gasteiger partial charge is 0.299 e. The second-order valence-corrected chi connectivity index (χ2v) is 5.84. The van der Waals surface area contributed by atoms with Gasteiger partial charge >= 0.3 is 0 Å². The average Bonchev–Trinajstić information content (AvgIpc) is 2.74. The number of para-hydroxylation sites is 1. The van der Waals surface area contributed by atoms with Crippen molar-refractivity contribution >= 4 is 33.3 Å². The summed E-state index contributed by atoms with van der Waals surface area (Å²) in [5.74, 6) is -0.236. The van der Waals surface area contributed by atoms with Crippen molar-refractivity contribution in [2.45, 2.75) is 13.5 Å². The van der Waals surface area contributed by atoms with Crippen LogP contribution in [0.1, 0.15) is 22.8 Å². The standard InChI is InChI=1S/C17H14BrNO3/c1-2-22-15-6-4-3-5-11(15)10-19-14-8-7-12(18)9-13(14)16(20)17(19)21/h3-9H,2,10H2,1H3. The summed E-state index contributed by atoms with van der Waals surface area (Å²) < 4.78 is 6.37. The van der Waals surface area contributed by atoms with Crippen molar-refractivity contribution in [1.82, 2.24) is 0 Å². The van der Waals surface area contributed by atoms with Gasteiger partial charge in [0, 0.05) is 10.0 Å². The molecule has 0 spiro atoms. The third-order valence-electron chi connectivity index (χ3n) is 3.53. The summed E-state index contributed by atoms with van der Waals surface area (Å²) in [5.41, 5.74) is 1.96. The molecule has 112 valence electrons. The Balaban J connectivity index is 1.97. The van der Waals surface area contributed by atoms with Gasteiger partial charge in [-0.25, -0.2) is 0 Å². The molecule has 0 aliphatic carbocycles. The van der Waals surface area contributed by atoms with E-state index in [9.17, 15) is 9.59 Å². The molecule has 0 bridgehead atoms. The normalized spacial score (nSPS) is 13.5. The Labute approximate surface area is 136 Å². The minimum absolute atomic E-state index is 0.315. The molecule has 1 heterocycles. The van der Waals surface area contributed by atoms with Crippen LogP contribution in [0, 0.1) is 0 Å². The monoisotopic (exact) mass is 359 g/mol. The second kappa shape index (κ2) is 5.93. The number of carbonyl (C=O) groups is 2. The molecule has 2 aromatic carbocycles. The molecule has 4 nitrogen and oxygen atoms in total. The van der Waals surface area contributed by atoms with Crippen LogP contribution >= 0.6 is 15.9 Å². The highest BCUT2D eigenvalue weighted by Gasteiger charge is 2.36. The highest BCUT2D eigenvalue weighted by Crippen LogP contribution is 2.33. The highest BCUT2D eigenvalue weighted by molar-refractivity contribution is 9.10. The predicted octanol–water partition coefficient (Wildman–Crippen LogP) is 3.58. The number of carbonyl (C=O) groups excluding carboxylic acids is 2. The first-order valence-corrected chi connectivity index (χ1v) is 7.77. The molecule has 3 rings (SSSR count). The van der Waals surface area contributed by atoms with Gasteiger partial charge in [0.2, 0.25) is 0 Å². The molecule has 0 saturated carbocycles. The van der Waals surface area contributed by atoms with E-state index in [4.69, 9.17) is 4.74 Å². The van der Waals surface area contributed by atoms with Gasteiger partial charge in [0.1, 0.15) is 5.75 Å². The van der Waals surface area contributed by atoms with Crippen LogP contribution in [0.2, 0.25) is 0 Å². The Morgan fingerprint density at radius 2 is 1.91 bits per heavy atom. The summed E-state index contributed by atoms with van der Waals surface area (Å²) in [5, 5.41) is 0. The maximum Gasteiger partial charge on any atom is 0.299 e. The molecule has 1 amide bonds. The van der Waals surface area contributed by atoms with E-state index in [2.05, 4.69) is 15.9 Å². The van der Waals surface area contributed by atoms with Crippen LogP contribution in [-0.2, 0) is 11.3 Å². The first-order chi connectivity index (χ1) is 10.6. The summed E-state index contributed by atoms with van der Waals surface area (Å²) in [4.78, 5) is 25.9. The quantitative estimate of drug-likeness (QED) is 0.783. The fourth-order valence-corrected chi connectivity index (χ4v) is 2.89. The van der Waals surface area contributed by atoms with Crippen molar-refractivity contribution in [3.8, 4) is 5.75 Å². The summed E-state index contributed by atoms with van der Waals surface area (Å²) in [7, 11) is 0. The number of hydrogen-bond donors (Lipinski definition) is 0.